The molecule has 94 valence electrons. The van der Waals surface area contributed by atoms with E-state index in [1.54, 1.807) is 0 Å². The normalized spacial score (nSPS) is 29.0. The fourth-order valence-electron chi connectivity index (χ4n) is 2.61. The number of hydrogen-bond acceptors (Lipinski definition) is 2. The van der Waals surface area contributed by atoms with E-state index in [1.165, 1.54) is 19.3 Å². The Hall–Kier alpha value is -1.18. The molecule has 0 heterocycles. The molecule has 17 heavy (non-hydrogen) atoms. The van der Waals surface area contributed by atoms with Gasteiger partial charge in [-0.15, -0.1) is 0 Å². The Bertz CT molecular complexity index is 389. The first kappa shape index (κ1) is 12.3. The fourth-order valence-corrected chi connectivity index (χ4v) is 2.61. The molecule has 0 amide bonds. The van der Waals surface area contributed by atoms with Crippen LogP contribution in [-0.2, 0) is 0 Å². The predicted octanol–water partition coefficient (Wildman–Crippen LogP) is 3.94. The van der Waals surface area contributed by atoms with Gasteiger partial charge in [0.05, 0.1) is 0 Å². The molecule has 1 aliphatic rings. The van der Waals surface area contributed by atoms with Crippen LogP contribution >= 0.6 is 0 Å². The van der Waals surface area contributed by atoms with E-state index in [0.717, 1.165) is 23.1 Å². The van der Waals surface area contributed by atoms with E-state index < -0.39 is 0 Å². The predicted molar refractivity (Wildman–Crippen MR) is 72.4 cm³/mol. The zero-order chi connectivity index (χ0) is 12.4. The van der Waals surface area contributed by atoms with Gasteiger partial charge < -0.3 is 10.4 Å². The summed E-state index contributed by atoms with van der Waals surface area (Å²) in [6.07, 6.45) is 3.77. The van der Waals surface area contributed by atoms with E-state index in [1.807, 2.05) is 19.1 Å². The monoisotopic (exact) mass is 233 g/mol. The summed E-state index contributed by atoms with van der Waals surface area (Å²) >= 11 is 0. The van der Waals surface area contributed by atoms with E-state index in [-0.39, 0.29) is 0 Å². The van der Waals surface area contributed by atoms with Crippen molar-refractivity contribution in [2.75, 3.05) is 5.32 Å². The molecule has 0 radical (unpaired) electrons. The minimum Gasteiger partial charge on any atom is -0.508 e. The zero-order valence-corrected chi connectivity index (χ0v) is 11.0. The van der Waals surface area contributed by atoms with Crippen molar-refractivity contribution in [1.82, 2.24) is 0 Å². The number of rotatable bonds is 2. The molecule has 3 unspecified atom stereocenters. The molecule has 2 rings (SSSR count). The van der Waals surface area contributed by atoms with E-state index >= 15 is 0 Å². The second kappa shape index (κ2) is 4.99. The number of phenols is 1. The maximum atomic E-state index is 9.68. The maximum absolute atomic E-state index is 9.68. The highest BCUT2D eigenvalue weighted by molar-refractivity contribution is 5.51. The Morgan fingerprint density at radius 2 is 1.94 bits per heavy atom. The first-order valence-electron chi connectivity index (χ1n) is 6.62. The van der Waals surface area contributed by atoms with Crippen LogP contribution in [0.1, 0.15) is 38.7 Å². The highest BCUT2D eigenvalue weighted by Crippen LogP contribution is 2.31. The summed E-state index contributed by atoms with van der Waals surface area (Å²) in [6.45, 7) is 6.60. The smallest absolute Gasteiger partial charge is 0.120 e. The summed E-state index contributed by atoms with van der Waals surface area (Å²) in [7, 11) is 0. The number of aryl methyl sites for hydroxylation is 1. The van der Waals surface area contributed by atoms with E-state index in [2.05, 4.69) is 25.2 Å². The Balaban J connectivity index is 1.99. The van der Waals surface area contributed by atoms with Gasteiger partial charge in [-0.25, -0.2) is 0 Å². The van der Waals surface area contributed by atoms with Crippen molar-refractivity contribution in [3.8, 4) is 5.75 Å². The summed E-state index contributed by atoms with van der Waals surface area (Å²) in [5.41, 5.74) is 1.97. The number of nitrogens with one attached hydrogen (secondary N) is 1. The van der Waals surface area contributed by atoms with Crippen LogP contribution in [0.15, 0.2) is 18.2 Å². The van der Waals surface area contributed by atoms with Gasteiger partial charge in [-0.1, -0.05) is 19.9 Å². The molecule has 2 N–H and O–H groups in total. The standard InChI is InChI=1S/C15H23NO/c1-10-4-6-13(8-12(10)3)16-14-7-5-11(2)15(17)9-14/h5,7,9-10,12-13,16-17H,4,6,8H2,1-3H3. The van der Waals surface area contributed by atoms with Crippen LogP contribution in [0.4, 0.5) is 5.69 Å². The Morgan fingerprint density at radius 3 is 2.59 bits per heavy atom. The third-order valence-corrected chi connectivity index (χ3v) is 4.18. The van der Waals surface area contributed by atoms with Gasteiger partial charge in [0, 0.05) is 17.8 Å². The first-order chi connectivity index (χ1) is 8.06. The van der Waals surface area contributed by atoms with Crippen LogP contribution in [0.25, 0.3) is 0 Å². The van der Waals surface area contributed by atoms with Gasteiger partial charge in [-0.05, 0) is 49.7 Å². The van der Waals surface area contributed by atoms with Crippen molar-refractivity contribution in [3.05, 3.63) is 23.8 Å². The summed E-state index contributed by atoms with van der Waals surface area (Å²) < 4.78 is 0. The van der Waals surface area contributed by atoms with E-state index in [0.29, 0.717) is 11.8 Å². The Morgan fingerprint density at radius 1 is 1.18 bits per heavy atom. The average molecular weight is 233 g/mol. The van der Waals surface area contributed by atoms with Gasteiger partial charge in [-0.3, -0.25) is 0 Å². The van der Waals surface area contributed by atoms with Gasteiger partial charge >= 0.3 is 0 Å². The molecule has 0 aromatic heterocycles. The number of aromatic hydroxyl groups is 1. The highest BCUT2D eigenvalue weighted by Gasteiger charge is 2.24. The van der Waals surface area contributed by atoms with E-state index in [9.17, 15) is 5.11 Å². The van der Waals surface area contributed by atoms with Crippen LogP contribution < -0.4 is 5.32 Å². The molecule has 3 atom stereocenters. The Kier molecular flexibility index (Phi) is 3.60. The SMILES string of the molecule is Cc1ccc(NC2CCC(C)C(C)C2)cc1O. The summed E-state index contributed by atoms with van der Waals surface area (Å²) in [6, 6.07) is 6.41. The van der Waals surface area contributed by atoms with Crippen LogP contribution in [0.3, 0.4) is 0 Å². The second-order valence-electron chi connectivity index (χ2n) is 5.61. The summed E-state index contributed by atoms with van der Waals surface area (Å²) in [5.74, 6) is 2.02. The molecule has 0 spiro atoms. The number of anilines is 1. The van der Waals surface area contributed by atoms with Crippen molar-refractivity contribution in [3.63, 3.8) is 0 Å². The minimum absolute atomic E-state index is 0.382. The lowest BCUT2D eigenvalue weighted by atomic mass is 9.79. The molecular formula is C15H23NO. The van der Waals surface area contributed by atoms with Crippen molar-refractivity contribution in [2.24, 2.45) is 11.8 Å². The maximum Gasteiger partial charge on any atom is 0.120 e. The summed E-state index contributed by atoms with van der Waals surface area (Å²) in [5, 5.41) is 13.2. The van der Waals surface area contributed by atoms with Crippen molar-refractivity contribution in [2.45, 2.75) is 46.1 Å². The van der Waals surface area contributed by atoms with Gasteiger partial charge in [0.2, 0.25) is 0 Å². The van der Waals surface area contributed by atoms with E-state index in [4.69, 9.17) is 0 Å². The first-order valence-corrected chi connectivity index (χ1v) is 6.62. The molecule has 1 saturated carbocycles. The molecule has 1 aromatic carbocycles. The molecule has 1 aliphatic carbocycles. The fraction of sp³-hybridized carbons (Fsp3) is 0.600. The molecule has 2 nitrogen and oxygen atoms in total. The Labute approximate surface area is 104 Å². The van der Waals surface area contributed by atoms with Crippen LogP contribution in [0, 0.1) is 18.8 Å². The number of phenolic OH excluding ortho intramolecular Hbond substituents is 1. The van der Waals surface area contributed by atoms with Gasteiger partial charge in [-0.2, -0.15) is 0 Å². The van der Waals surface area contributed by atoms with Gasteiger partial charge in [0.25, 0.3) is 0 Å². The topological polar surface area (TPSA) is 32.3 Å². The average Bonchev–Trinajstić information content (AvgIpc) is 2.29. The lowest BCUT2D eigenvalue weighted by Gasteiger charge is -2.33. The van der Waals surface area contributed by atoms with Crippen molar-refractivity contribution < 1.29 is 5.11 Å². The van der Waals surface area contributed by atoms with Crippen molar-refractivity contribution in [1.29, 1.82) is 0 Å². The molecule has 1 aromatic rings. The molecule has 0 aliphatic heterocycles. The second-order valence-corrected chi connectivity index (χ2v) is 5.61. The van der Waals surface area contributed by atoms with Crippen LogP contribution in [0.5, 0.6) is 5.75 Å². The lowest BCUT2D eigenvalue weighted by Crippen LogP contribution is -2.30. The molecular weight excluding hydrogens is 210 g/mol. The third-order valence-electron chi connectivity index (χ3n) is 4.18. The number of benzene rings is 1. The molecule has 0 saturated heterocycles. The summed E-state index contributed by atoms with van der Waals surface area (Å²) in [4.78, 5) is 0. The third kappa shape index (κ3) is 2.93. The quantitative estimate of drug-likeness (QED) is 0.811. The van der Waals surface area contributed by atoms with Crippen LogP contribution in [0.2, 0.25) is 0 Å². The largest absolute Gasteiger partial charge is 0.508 e. The van der Waals surface area contributed by atoms with Crippen LogP contribution in [-0.4, -0.2) is 11.1 Å². The lowest BCUT2D eigenvalue weighted by molar-refractivity contribution is 0.261. The number of hydrogen-bond donors (Lipinski definition) is 2. The molecule has 1 fully saturated rings. The minimum atomic E-state index is 0.382. The van der Waals surface area contributed by atoms with Gasteiger partial charge in [0.15, 0.2) is 0 Å². The van der Waals surface area contributed by atoms with Crippen molar-refractivity contribution >= 4 is 5.69 Å². The highest BCUT2D eigenvalue weighted by atomic mass is 16.3. The van der Waals surface area contributed by atoms with Gasteiger partial charge in [0.1, 0.15) is 5.75 Å². The zero-order valence-electron chi connectivity index (χ0n) is 11.0. The molecule has 0 bridgehead atoms. The molecule has 2 heteroatoms.